The van der Waals surface area contributed by atoms with Gasteiger partial charge in [0.15, 0.2) is 0 Å². The van der Waals surface area contributed by atoms with Crippen molar-refractivity contribution >= 4 is 23.5 Å². The Labute approximate surface area is 237 Å². The zero-order chi connectivity index (χ0) is 27.9. The molecule has 0 spiro atoms. The number of rotatable bonds is 10. The van der Waals surface area contributed by atoms with E-state index in [0.717, 1.165) is 75.9 Å². The van der Waals surface area contributed by atoms with Crippen LogP contribution in [0.2, 0.25) is 0 Å². The Bertz CT molecular complexity index is 1180. The predicted octanol–water partition coefficient (Wildman–Crippen LogP) is 4.46. The third-order valence-electron chi connectivity index (χ3n) is 8.54. The molecule has 3 heterocycles. The molecule has 2 fully saturated rings. The van der Waals surface area contributed by atoms with Gasteiger partial charge in [-0.3, -0.25) is 19.3 Å². The number of likely N-dealkylation sites (tertiary alicyclic amines) is 2. The largest absolute Gasteiger partial charge is 0.494 e. The fourth-order valence-electron chi connectivity index (χ4n) is 6.34. The van der Waals surface area contributed by atoms with Crippen LogP contribution in [-0.2, 0) is 20.7 Å². The van der Waals surface area contributed by atoms with Gasteiger partial charge in [-0.2, -0.15) is 0 Å². The van der Waals surface area contributed by atoms with Gasteiger partial charge in [-0.15, -0.1) is 0 Å². The standard InChI is InChI=1S/C32H41N3O5/c1-39-32(38)29-10-7-20-33(29)19-5-2-6-23-40-27-14-11-25(12-15-27)31(37)34-21-17-26(18-22-34)35-28-9-4-3-8-24(28)13-16-30(35)36/h3-4,8-9,11-12,14-15,26,29H,2,5-7,10,13,16-23H2,1H3/t29-/m0/s1. The van der Waals surface area contributed by atoms with E-state index in [4.69, 9.17) is 9.47 Å². The molecule has 0 aliphatic carbocycles. The van der Waals surface area contributed by atoms with Gasteiger partial charge in [0.2, 0.25) is 5.91 Å². The van der Waals surface area contributed by atoms with Crippen molar-refractivity contribution in [1.82, 2.24) is 9.80 Å². The number of carbonyl (C=O) groups is 3. The highest BCUT2D eigenvalue weighted by Gasteiger charge is 2.34. The summed E-state index contributed by atoms with van der Waals surface area (Å²) in [6.07, 6.45) is 7.87. The normalized spacial score (nSPS) is 19.9. The molecular formula is C32H41N3O5. The van der Waals surface area contributed by atoms with Gasteiger partial charge in [0.25, 0.3) is 5.91 Å². The summed E-state index contributed by atoms with van der Waals surface area (Å²) in [4.78, 5) is 43.9. The number of unbranched alkanes of at least 4 members (excludes halogenated alkanes) is 2. The lowest BCUT2D eigenvalue weighted by Crippen LogP contribution is -2.50. The lowest BCUT2D eigenvalue weighted by molar-refractivity contribution is -0.145. The highest BCUT2D eigenvalue weighted by Crippen LogP contribution is 2.32. The minimum absolute atomic E-state index is 0.0301. The number of fused-ring (bicyclic) bond motifs is 1. The predicted molar refractivity (Wildman–Crippen MR) is 154 cm³/mol. The van der Waals surface area contributed by atoms with Gasteiger partial charge in [-0.05, 0) is 100 Å². The molecule has 2 amide bonds. The highest BCUT2D eigenvalue weighted by atomic mass is 16.5. The average Bonchev–Trinajstić information content (AvgIpc) is 3.47. The van der Waals surface area contributed by atoms with Gasteiger partial charge >= 0.3 is 5.97 Å². The Kier molecular flexibility index (Phi) is 9.37. The number of para-hydroxylation sites is 1. The molecule has 2 aromatic carbocycles. The Hall–Kier alpha value is -3.39. The van der Waals surface area contributed by atoms with Crippen molar-refractivity contribution in [2.75, 3.05) is 44.8 Å². The number of benzene rings is 2. The van der Waals surface area contributed by atoms with Crippen molar-refractivity contribution in [3.05, 3.63) is 59.7 Å². The molecule has 3 aliphatic heterocycles. The summed E-state index contributed by atoms with van der Waals surface area (Å²) in [6.45, 7) is 3.79. The van der Waals surface area contributed by atoms with Gasteiger partial charge in [0.05, 0.1) is 13.7 Å². The van der Waals surface area contributed by atoms with Crippen LogP contribution in [0.1, 0.15) is 67.3 Å². The fourth-order valence-corrected chi connectivity index (χ4v) is 6.34. The molecule has 8 heteroatoms. The summed E-state index contributed by atoms with van der Waals surface area (Å²) in [5, 5.41) is 0. The summed E-state index contributed by atoms with van der Waals surface area (Å²) in [7, 11) is 1.46. The molecule has 2 aromatic rings. The second-order valence-electron chi connectivity index (χ2n) is 11.1. The lowest BCUT2D eigenvalue weighted by atomic mass is 9.95. The maximum Gasteiger partial charge on any atom is 0.323 e. The summed E-state index contributed by atoms with van der Waals surface area (Å²) >= 11 is 0. The zero-order valence-electron chi connectivity index (χ0n) is 23.6. The average molecular weight is 548 g/mol. The van der Waals surface area contributed by atoms with E-state index in [2.05, 4.69) is 11.0 Å². The minimum atomic E-state index is -0.118. The number of hydrogen-bond acceptors (Lipinski definition) is 6. The molecule has 2 saturated heterocycles. The van der Waals surface area contributed by atoms with Crippen LogP contribution in [0.15, 0.2) is 48.5 Å². The molecule has 0 unspecified atom stereocenters. The molecule has 0 bridgehead atoms. The van der Waals surface area contributed by atoms with Crippen LogP contribution in [-0.4, -0.2) is 79.6 Å². The summed E-state index contributed by atoms with van der Waals surface area (Å²) < 4.78 is 10.8. The van der Waals surface area contributed by atoms with E-state index in [1.807, 2.05) is 52.3 Å². The molecule has 8 nitrogen and oxygen atoms in total. The number of hydrogen-bond donors (Lipinski definition) is 0. The third kappa shape index (κ3) is 6.49. The van der Waals surface area contributed by atoms with E-state index in [1.54, 1.807) is 0 Å². The van der Waals surface area contributed by atoms with Gasteiger partial charge in [-0.25, -0.2) is 0 Å². The van der Waals surface area contributed by atoms with Crippen molar-refractivity contribution in [2.24, 2.45) is 0 Å². The van der Waals surface area contributed by atoms with E-state index >= 15 is 0 Å². The van der Waals surface area contributed by atoms with Crippen molar-refractivity contribution < 1.29 is 23.9 Å². The zero-order valence-corrected chi connectivity index (χ0v) is 23.6. The molecule has 3 aliphatic rings. The summed E-state index contributed by atoms with van der Waals surface area (Å²) in [5.74, 6) is 0.871. The number of piperidine rings is 1. The fraction of sp³-hybridized carbons (Fsp3) is 0.531. The van der Waals surface area contributed by atoms with Gasteiger partial charge in [0.1, 0.15) is 11.8 Å². The molecule has 0 aromatic heterocycles. The monoisotopic (exact) mass is 547 g/mol. The number of carbonyl (C=O) groups excluding carboxylic acids is 3. The first-order valence-corrected chi connectivity index (χ1v) is 14.8. The van der Waals surface area contributed by atoms with Crippen molar-refractivity contribution in [3.8, 4) is 5.75 Å². The molecule has 0 saturated carbocycles. The van der Waals surface area contributed by atoms with Gasteiger partial charge in [0, 0.05) is 36.8 Å². The van der Waals surface area contributed by atoms with E-state index < -0.39 is 0 Å². The number of esters is 1. The second-order valence-corrected chi connectivity index (χ2v) is 11.1. The molecule has 1 atom stereocenters. The maximum absolute atomic E-state index is 13.2. The molecule has 5 rings (SSSR count). The van der Waals surface area contributed by atoms with Crippen LogP contribution in [0.25, 0.3) is 0 Å². The van der Waals surface area contributed by atoms with Crippen LogP contribution in [0, 0.1) is 0 Å². The Morgan fingerprint density at radius 1 is 0.900 bits per heavy atom. The van der Waals surface area contributed by atoms with E-state index in [0.29, 0.717) is 31.7 Å². The lowest BCUT2D eigenvalue weighted by Gasteiger charge is -2.41. The Morgan fingerprint density at radius 3 is 2.45 bits per heavy atom. The minimum Gasteiger partial charge on any atom is -0.494 e. The topological polar surface area (TPSA) is 79.4 Å². The van der Waals surface area contributed by atoms with Crippen LogP contribution < -0.4 is 9.64 Å². The van der Waals surface area contributed by atoms with E-state index in [1.165, 1.54) is 12.7 Å². The van der Waals surface area contributed by atoms with Crippen LogP contribution in [0.5, 0.6) is 5.75 Å². The molecule has 0 radical (unpaired) electrons. The molecule has 214 valence electrons. The van der Waals surface area contributed by atoms with Gasteiger partial charge < -0.3 is 19.3 Å². The molecule has 0 N–H and O–H groups in total. The maximum atomic E-state index is 13.2. The van der Waals surface area contributed by atoms with E-state index in [-0.39, 0.29) is 29.9 Å². The molecule has 40 heavy (non-hydrogen) atoms. The smallest absolute Gasteiger partial charge is 0.323 e. The number of methoxy groups -OCH3 is 1. The van der Waals surface area contributed by atoms with Crippen molar-refractivity contribution in [1.29, 1.82) is 0 Å². The number of nitrogens with zero attached hydrogens (tertiary/aromatic N) is 3. The number of amides is 2. The summed E-state index contributed by atoms with van der Waals surface area (Å²) in [5.41, 5.74) is 2.94. The SMILES string of the molecule is COC(=O)[C@@H]1CCCN1CCCCCOc1ccc(C(=O)N2CCC(N3C(=O)CCc4ccccc43)CC2)cc1. The van der Waals surface area contributed by atoms with Crippen LogP contribution >= 0.6 is 0 Å². The third-order valence-corrected chi connectivity index (χ3v) is 8.54. The second kappa shape index (κ2) is 13.3. The van der Waals surface area contributed by atoms with Crippen LogP contribution in [0.4, 0.5) is 5.69 Å². The number of aryl methyl sites for hydroxylation is 1. The summed E-state index contributed by atoms with van der Waals surface area (Å²) in [6, 6.07) is 15.7. The van der Waals surface area contributed by atoms with Crippen molar-refractivity contribution in [3.63, 3.8) is 0 Å². The quantitative estimate of drug-likeness (QED) is 0.323. The Balaban J connectivity index is 1.03. The first kappa shape index (κ1) is 28.1. The van der Waals surface area contributed by atoms with Gasteiger partial charge in [-0.1, -0.05) is 18.2 Å². The first-order valence-electron chi connectivity index (χ1n) is 14.8. The first-order chi connectivity index (χ1) is 19.5. The van der Waals surface area contributed by atoms with Crippen molar-refractivity contribution in [2.45, 2.75) is 69.9 Å². The molecular weight excluding hydrogens is 506 g/mol. The van der Waals surface area contributed by atoms with Crippen LogP contribution in [0.3, 0.4) is 0 Å². The number of anilines is 1. The highest BCUT2D eigenvalue weighted by molar-refractivity contribution is 5.97. The van der Waals surface area contributed by atoms with E-state index in [9.17, 15) is 14.4 Å². The Morgan fingerprint density at radius 2 is 1.68 bits per heavy atom. The number of ether oxygens (including phenoxy) is 2.